The summed E-state index contributed by atoms with van der Waals surface area (Å²) in [5.74, 6) is 1.91. The molecule has 0 bridgehead atoms. The van der Waals surface area contributed by atoms with Gasteiger partial charge in [-0.2, -0.15) is 0 Å². The van der Waals surface area contributed by atoms with E-state index in [2.05, 4.69) is 17.1 Å². The van der Waals surface area contributed by atoms with Crippen LogP contribution in [0, 0.1) is 0 Å². The van der Waals surface area contributed by atoms with E-state index >= 15 is 0 Å². The third kappa shape index (κ3) is 3.77. The van der Waals surface area contributed by atoms with Crippen molar-refractivity contribution >= 4 is 5.91 Å². The highest BCUT2D eigenvalue weighted by Crippen LogP contribution is 2.29. The normalized spacial score (nSPS) is 15.1. The number of carbonyl (C=O) groups excluding carboxylic acids is 1. The lowest BCUT2D eigenvalue weighted by molar-refractivity contribution is 0.0766. The van der Waals surface area contributed by atoms with Crippen LogP contribution in [0.4, 0.5) is 0 Å². The van der Waals surface area contributed by atoms with E-state index in [-0.39, 0.29) is 5.91 Å². The average Bonchev–Trinajstić information content (AvgIpc) is 3.11. The first kappa shape index (κ1) is 18.4. The van der Waals surface area contributed by atoms with Gasteiger partial charge in [0.2, 0.25) is 0 Å². The molecule has 4 heteroatoms. The second-order valence-electron chi connectivity index (χ2n) is 7.61. The second-order valence-corrected chi connectivity index (χ2v) is 7.61. The predicted molar refractivity (Wildman–Crippen MR) is 117 cm³/mol. The molecule has 4 nitrogen and oxygen atoms in total. The first-order valence-electron chi connectivity index (χ1n) is 10.2. The molecule has 2 aliphatic rings. The summed E-state index contributed by atoms with van der Waals surface area (Å²) in [6, 6.07) is 18.1. The maximum absolute atomic E-state index is 12.9. The number of hydrogen-bond acceptors (Lipinski definition) is 3. The zero-order valence-electron chi connectivity index (χ0n) is 16.6. The van der Waals surface area contributed by atoms with Gasteiger partial charge < -0.3 is 9.64 Å². The molecular weight excluding hydrogens is 372 g/mol. The van der Waals surface area contributed by atoms with Gasteiger partial charge in [0.15, 0.2) is 0 Å². The van der Waals surface area contributed by atoms with Crippen molar-refractivity contribution in [1.82, 2.24) is 9.88 Å². The zero-order valence-corrected chi connectivity index (χ0v) is 16.6. The minimum atomic E-state index is 0.0887. The third-order valence-corrected chi connectivity index (χ3v) is 5.52. The molecule has 1 amide bonds. The van der Waals surface area contributed by atoms with Crippen molar-refractivity contribution < 1.29 is 9.53 Å². The molecule has 0 fully saturated rings. The van der Waals surface area contributed by atoms with Gasteiger partial charge in [-0.3, -0.25) is 9.78 Å². The van der Waals surface area contributed by atoms with E-state index in [0.29, 0.717) is 13.1 Å². The Morgan fingerprint density at radius 2 is 1.80 bits per heavy atom. The number of nitrogens with zero attached hydrogens (tertiary/aromatic N) is 2. The van der Waals surface area contributed by atoms with Crippen LogP contribution in [0.3, 0.4) is 0 Å². The molecule has 148 valence electrons. The largest absolute Gasteiger partial charge is 0.462 e. The van der Waals surface area contributed by atoms with Crippen LogP contribution in [-0.2, 0) is 13.1 Å². The van der Waals surface area contributed by atoms with Gasteiger partial charge in [0.05, 0.1) is 0 Å². The summed E-state index contributed by atoms with van der Waals surface area (Å²) in [5, 5.41) is 0. The minimum Gasteiger partial charge on any atom is -0.462 e. The van der Waals surface area contributed by atoms with Gasteiger partial charge in [-0.1, -0.05) is 30.4 Å². The fourth-order valence-electron chi connectivity index (χ4n) is 3.93. The highest BCUT2D eigenvalue weighted by molar-refractivity contribution is 5.99. The number of amides is 1. The molecule has 0 radical (unpaired) electrons. The van der Waals surface area contributed by atoms with Crippen LogP contribution >= 0.6 is 0 Å². The van der Waals surface area contributed by atoms with Crippen molar-refractivity contribution in [3.8, 4) is 16.9 Å². The molecule has 2 aromatic carbocycles. The molecule has 1 aliphatic carbocycles. The fraction of sp³-hybridized carbons (Fsp3) is 0.154. The van der Waals surface area contributed by atoms with E-state index < -0.39 is 0 Å². The van der Waals surface area contributed by atoms with Crippen LogP contribution in [0.2, 0.25) is 0 Å². The lowest BCUT2D eigenvalue weighted by atomic mass is 10.0. The Bertz CT molecular complexity index is 1130. The van der Waals surface area contributed by atoms with Gasteiger partial charge in [-0.25, -0.2) is 0 Å². The zero-order chi connectivity index (χ0) is 20.3. The molecule has 0 unspecified atom stereocenters. The van der Waals surface area contributed by atoms with Crippen molar-refractivity contribution in [2.24, 2.45) is 0 Å². The van der Waals surface area contributed by atoms with Gasteiger partial charge in [-0.15, -0.1) is 0 Å². The van der Waals surface area contributed by atoms with Crippen molar-refractivity contribution in [3.63, 3.8) is 0 Å². The van der Waals surface area contributed by atoms with Gasteiger partial charge in [0.1, 0.15) is 11.5 Å². The summed E-state index contributed by atoms with van der Waals surface area (Å²) >= 11 is 0. The van der Waals surface area contributed by atoms with Crippen LogP contribution in [0.15, 0.2) is 91.0 Å². The third-order valence-electron chi connectivity index (χ3n) is 5.52. The number of pyridine rings is 1. The van der Waals surface area contributed by atoms with Crippen LogP contribution in [-0.4, -0.2) is 15.8 Å². The highest BCUT2D eigenvalue weighted by Gasteiger charge is 2.27. The van der Waals surface area contributed by atoms with E-state index in [0.717, 1.165) is 52.2 Å². The fourth-order valence-corrected chi connectivity index (χ4v) is 3.93. The van der Waals surface area contributed by atoms with E-state index in [1.807, 2.05) is 65.6 Å². The number of benzene rings is 2. The van der Waals surface area contributed by atoms with Crippen LogP contribution < -0.4 is 4.74 Å². The first-order chi connectivity index (χ1) is 14.8. The number of aromatic nitrogens is 1. The number of rotatable bonds is 5. The molecule has 0 spiro atoms. The Kier molecular flexibility index (Phi) is 4.89. The first-order valence-corrected chi connectivity index (χ1v) is 10.2. The molecule has 1 aliphatic heterocycles. The Balaban J connectivity index is 1.28. The van der Waals surface area contributed by atoms with Gasteiger partial charge in [-0.05, 0) is 71.1 Å². The van der Waals surface area contributed by atoms with Crippen LogP contribution in [0.1, 0.15) is 34.3 Å². The van der Waals surface area contributed by atoms with Crippen molar-refractivity contribution in [3.05, 3.63) is 108 Å². The van der Waals surface area contributed by atoms with E-state index in [1.165, 1.54) is 0 Å². The maximum Gasteiger partial charge on any atom is 0.254 e. The Morgan fingerprint density at radius 3 is 2.57 bits per heavy atom. The van der Waals surface area contributed by atoms with Gasteiger partial charge in [0, 0.05) is 37.5 Å². The van der Waals surface area contributed by atoms with Gasteiger partial charge >= 0.3 is 0 Å². The topological polar surface area (TPSA) is 42.4 Å². The molecule has 0 saturated heterocycles. The van der Waals surface area contributed by atoms with E-state index in [4.69, 9.17) is 4.74 Å². The van der Waals surface area contributed by atoms with E-state index in [9.17, 15) is 4.79 Å². The van der Waals surface area contributed by atoms with Crippen LogP contribution in [0.25, 0.3) is 11.1 Å². The van der Waals surface area contributed by atoms with E-state index in [1.54, 1.807) is 12.4 Å². The number of carbonyl (C=O) groups is 1. The molecule has 0 N–H and O–H groups in total. The molecule has 2 heterocycles. The summed E-state index contributed by atoms with van der Waals surface area (Å²) in [5.41, 5.74) is 5.18. The Morgan fingerprint density at radius 1 is 0.967 bits per heavy atom. The second kappa shape index (κ2) is 7.99. The lowest BCUT2D eigenvalue weighted by Gasteiger charge is -2.16. The molecule has 30 heavy (non-hydrogen) atoms. The summed E-state index contributed by atoms with van der Waals surface area (Å²) < 4.78 is 5.93. The minimum absolute atomic E-state index is 0.0887. The molecular formula is C26H22N2O2. The number of hydrogen-bond donors (Lipinski definition) is 0. The van der Waals surface area contributed by atoms with Crippen molar-refractivity contribution in [1.29, 1.82) is 0 Å². The smallest absolute Gasteiger partial charge is 0.254 e. The van der Waals surface area contributed by atoms with Crippen molar-refractivity contribution in [2.75, 3.05) is 0 Å². The average molecular weight is 394 g/mol. The Labute approximate surface area is 176 Å². The molecule has 0 atom stereocenters. The Hall–Kier alpha value is -3.66. The summed E-state index contributed by atoms with van der Waals surface area (Å²) in [4.78, 5) is 18.8. The number of allylic oxidation sites excluding steroid dienone is 4. The van der Waals surface area contributed by atoms with Crippen LogP contribution in [0.5, 0.6) is 5.75 Å². The molecule has 1 aromatic heterocycles. The SMILES string of the molecule is O=C1c2ccc(-c3ccncc3)cc2CN1Cc1ccc(OC2=CC=CCC2)cc1. The number of ether oxygens (including phenoxy) is 1. The molecule has 5 rings (SSSR count). The number of fused-ring (bicyclic) bond motifs is 1. The summed E-state index contributed by atoms with van der Waals surface area (Å²) in [7, 11) is 0. The summed E-state index contributed by atoms with van der Waals surface area (Å²) in [6.07, 6.45) is 11.7. The monoisotopic (exact) mass is 394 g/mol. The highest BCUT2D eigenvalue weighted by atomic mass is 16.5. The maximum atomic E-state index is 12.9. The summed E-state index contributed by atoms with van der Waals surface area (Å²) in [6.45, 7) is 1.22. The van der Waals surface area contributed by atoms with Crippen molar-refractivity contribution in [2.45, 2.75) is 25.9 Å². The molecule has 3 aromatic rings. The quantitative estimate of drug-likeness (QED) is 0.572. The standard InChI is InChI=1S/C26H22N2O2/c29-26-25-11-8-21(20-12-14-27-15-13-20)16-22(25)18-28(26)17-19-6-9-24(10-7-19)30-23-4-2-1-3-5-23/h1-2,4,6-16H,3,5,17-18H2. The van der Waals surface area contributed by atoms with Gasteiger partial charge in [0.25, 0.3) is 5.91 Å². The predicted octanol–water partition coefficient (Wildman–Crippen LogP) is 5.52. The molecule has 0 saturated carbocycles. The lowest BCUT2D eigenvalue weighted by Crippen LogP contribution is -2.23.